The molecule has 0 aliphatic carbocycles. The van der Waals surface area contributed by atoms with E-state index in [1.54, 1.807) is 17.5 Å². The fourth-order valence-electron chi connectivity index (χ4n) is 3.57. The van der Waals surface area contributed by atoms with Crippen LogP contribution in [0.15, 0.2) is 133 Å². The van der Waals surface area contributed by atoms with Gasteiger partial charge in [-0.05, 0) is 55.2 Å². The normalized spacial score (nSPS) is 7.73. The lowest BCUT2D eigenvalue weighted by molar-refractivity contribution is 1.25. The summed E-state index contributed by atoms with van der Waals surface area (Å²) in [6, 6.07) is 37.4. The Hall–Kier alpha value is -4.41. The van der Waals surface area contributed by atoms with Crippen LogP contribution in [-0.4, -0.2) is 15.0 Å². The van der Waals surface area contributed by atoms with Crippen molar-refractivity contribution in [2.45, 2.75) is 145 Å². The van der Waals surface area contributed by atoms with Crippen LogP contribution in [0.3, 0.4) is 0 Å². The summed E-state index contributed by atoms with van der Waals surface area (Å²) in [4.78, 5) is 12.8. The van der Waals surface area contributed by atoms with Crippen molar-refractivity contribution in [3.8, 4) is 33.1 Å². The molecule has 0 fully saturated rings. The number of benzene rings is 3. The average Bonchev–Trinajstić information content (AvgIpc) is 3.87. The highest BCUT2D eigenvalue weighted by molar-refractivity contribution is 7.13. The molecule has 0 atom stereocenters. The predicted octanol–water partition coefficient (Wildman–Crippen LogP) is 18.5. The smallest absolute Gasteiger partial charge is 0.141 e. The fourth-order valence-corrected chi connectivity index (χ4v) is 4.18. The van der Waals surface area contributed by atoms with Crippen molar-refractivity contribution in [2.24, 2.45) is 0 Å². The molecule has 0 unspecified atom stereocenters. The van der Waals surface area contributed by atoms with Gasteiger partial charge < -0.3 is 0 Å². The zero-order valence-electron chi connectivity index (χ0n) is 40.0. The second-order valence-electron chi connectivity index (χ2n) is 8.88. The first kappa shape index (κ1) is 63.5. The third kappa shape index (κ3) is 31.9. The zero-order chi connectivity index (χ0) is 44.6. The van der Waals surface area contributed by atoms with Crippen molar-refractivity contribution in [2.75, 3.05) is 0 Å². The molecule has 3 heterocycles. The number of aromatic nitrogens is 3. The first-order valence-corrected chi connectivity index (χ1v) is 22.4. The van der Waals surface area contributed by atoms with Gasteiger partial charge >= 0.3 is 0 Å². The van der Waals surface area contributed by atoms with Crippen LogP contribution in [0.25, 0.3) is 33.1 Å². The Labute approximate surface area is 353 Å². The molecule has 0 N–H and O–H groups in total. The molecular weight excluding hydrogens is 699 g/mol. The predicted molar refractivity (Wildman–Crippen MR) is 263 cm³/mol. The first-order valence-electron chi connectivity index (χ1n) is 21.5. The van der Waals surface area contributed by atoms with Gasteiger partial charge in [-0.15, -0.1) is 11.3 Å². The largest absolute Gasteiger partial charge is 0.256 e. The van der Waals surface area contributed by atoms with E-state index in [2.05, 4.69) is 88.6 Å². The maximum Gasteiger partial charge on any atom is 0.141 e. The summed E-state index contributed by atoms with van der Waals surface area (Å²) in [5, 5.41) is 2.94. The van der Waals surface area contributed by atoms with E-state index >= 15 is 0 Å². The molecule has 3 aromatic heterocycles. The molecule has 0 aliphatic rings. The topological polar surface area (TPSA) is 38.7 Å². The summed E-state index contributed by atoms with van der Waals surface area (Å²) in [6.07, 6.45) is 5.54. The first-order chi connectivity index (χ1) is 27.6. The molecule has 4 heteroatoms. The van der Waals surface area contributed by atoms with Gasteiger partial charge in [0.2, 0.25) is 0 Å². The van der Waals surface area contributed by atoms with Gasteiger partial charge in [-0.25, -0.2) is 4.98 Å². The number of pyridine rings is 2. The Bertz CT molecular complexity index is 1400. The van der Waals surface area contributed by atoms with Crippen LogP contribution in [-0.2, 0) is 0 Å². The van der Waals surface area contributed by atoms with Crippen molar-refractivity contribution in [1.82, 2.24) is 15.0 Å². The lowest BCUT2D eigenvalue weighted by Crippen LogP contribution is -1.82. The number of nitrogens with zero attached hydrogens (tertiary/aromatic N) is 3. The molecule has 3 nitrogen and oxygen atoms in total. The Morgan fingerprint density at radius 3 is 1.00 bits per heavy atom. The molecule has 0 saturated carbocycles. The third-order valence-corrected chi connectivity index (χ3v) is 6.50. The molecule has 0 spiro atoms. The van der Waals surface area contributed by atoms with Gasteiger partial charge in [-0.3, -0.25) is 9.97 Å². The molecule has 6 aromatic rings. The summed E-state index contributed by atoms with van der Waals surface area (Å²) in [7, 11) is 0. The number of aryl methyl sites for hydroxylation is 3. The van der Waals surface area contributed by atoms with Crippen LogP contribution in [0.1, 0.15) is 141 Å². The van der Waals surface area contributed by atoms with Gasteiger partial charge in [0.15, 0.2) is 0 Å². The maximum absolute atomic E-state index is 4.35. The Kier molecular flexibility index (Phi) is 59.8. The maximum atomic E-state index is 4.35. The van der Waals surface area contributed by atoms with E-state index in [4.69, 9.17) is 0 Å². The van der Waals surface area contributed by atoms with E-state index in [0.29, 0.717) is 0 Å². The van der Waals surface area contributed by atoms with E-state index in [1.165, 1.54) is 33.4 Å². The van der Waals surface area contributed by atoms with Gasteiger partial charge in [-0.1, -0.05) is 227 Å². The van der Waals surface area contributed by atoms with E-state index in [1.807, 2.05) is 199 Å². The minimum atomic E-state index is 0.954. The lowest BCUT2D eigenvalue weighted by Gasteiger charge is -2.00. The summed E-state index contributed by atoms with van der Waals surface area (Å²) in [5.41, 5.74) is 9.40. The van der Waals surface area contributed by atoms with Crippen molar-refractivity contribution in [3.05, 3.63) is 150 Å². The molecular formula is C52H85N3S. The Morgan fingerprint density at radius 2 is 0.661 bits per heavy atom. The summed E-state index contributed by atoms with van der Waals surface area (Å²) >= 11 is 1.61. The SMILES string of the molecule is CC.CC.CC.CC.CC.CC.CC.CC.CC.Cc1ccc(-c2ccccc2)cc1.Cc1ccc(-c2ccccc2)nc1.Cc1ccc(-c2nccs2)nc1. The van der Waals surface area contributed by atoms with E-state index in [-0.39, 0.29) is 0 Å². The third-order valence-electron chi connectivity index (χ3n) is 5.70. The van der Waals surface area contributed by atoms with Crippen LogP contribution < -0.4 is 0 Å². The van der Waals surface area contributed by atoms with Crippen molar-refractivity contribution < 1.29 is 0 Å². The second kappa shape index (κ2) is 52.7. The Morgan fingerprint density at radius 1 is 0.321 bits per heavy atom. The highest BCUT2D eigenvalue weighted by Crippen LogP contribution is 2.20. The van der Waals surface area contributed by atoms with Gasteiger partial charge in [0.1, 0.15) is 5.01 Å². The van der Waals surface area contributed by atoms with Gasteiger partial charge in [0.25, 0.3) is 0 Å². The molecule has 0 aliphatic heterocycles. The monoisotopic (exact) mass is 784 g/mol. The van der Waals surface area contributed by atoms with Crippen LogP contribution in [0.2, 0.25) is 0 Å². The molecule has 0 bridgehead atoms. The number of hydrogen-bond acceptors (Lipinski definition) is 4. The summed E-state index contributed by atoms with van der Waals surface area (Å²) < 4.78 is 0. The number of thiazole rings is 1. The molecule has 0 amide bonds. The van der Waals surface area contributed by atoms with Crippen LogP contribution in [0.5, 0.6) is 0 Å². The van der Waals surface area contributed by atoms with E-state index < -0.39 is 0 Å². The standard InChI is InChI=1S/C13H12.C12H11N.C9H8N2S.9C2H6/c1-11-7-9-13(10-8-11)12-5-3-2-4-6-12;1-10-7-8-12(13-9-10)11-5-3-2-4-6-11;1-7-2-3-8(11-6-7)9-10-4-5-12-9;9*1-2/h2-10H,1H3;2-9H,1H3;2-6H,1H3;9*1-2H3. The quantitative estimate of drug-likeness (QED) is 0.179. The van der Waals surface area contributed by atoms with Crippen LogP contribution in [0.4, 0.5) is 0 Å². The van der Waals surface area contributed by atoms with Gasteiger partial charge in [-0.2, -0.15) is 0 Å². The van der Waals surface area contributed by atoms with Gasteiger partial charge in [0, 0.05) is 29.5 Å². The molecule has 0 radical (unpaired) electrons. The molecule has 3 aromatic carbocycles. The van der Waals surface area contributed by atoms with Crippen molar-refractivity contribution >= 4 is 11.3 Å². The second-order valence-corrected chi connectivity index (χ2v) is 9.77. The Balaban J connectivity index is -0.000000139. The highest BCUT2D eigenvalue weighted by Gasteiger charge is 1.99. The summed E-state index contributed by atoms with van der Waals surface area (Å²) in [6.45, 7) is 42.2. The summed E-state index contributed by atoms with van der Waals surface area (Å²) in [5.74, 6) is 0. The zero-order valence-corrected chi connectivity index (χ0v) is 40.8. The van der Waals surface area contributed by atoms with Gasteiger partial charge in [0.05, 0.1) is 11.4 Å². The fraction of sp³-hybridized carbons (Fsp3) is 0.404. The minimum absolute atomic E-state index is 0.954. The lowest BCUT2D eigenvalue weighted by atomic mass is 10.0. The molecule has 0 saturated heterocycles. The average molecular weight is 784 g/mol. The number of rotatable bonds is 3. The van der Waals surface area contributed by atoms with Crippen LogP contribution in [0, 0.1) is 20.8 Å². The van der Waals surface area contributed by atoms with Crippen LogP contribution >= 0.6 is 11.3 Å². The molecule has 314 valence electrons. The minimum Gasteiger partial charge on any atom is -0.256 e. The molecule has 6 rings (SSSR count). The van der Waals surface area contributed by atoms with E-state index in [9.17, 15) is 0 Å². The number of hydrogen-bond donors (Lipinski definition) is 0. The highest BCUT2D eigenvalue weighted by atomic mass is 32.1. The van der Waals surface area contributed by atoms with E-state index in [0.717, 1.165) is 16.4 Å². The molecule has 56 heavy (non-hydrogen) atoms. The van der Waals surface area contributed by atoms with Crippen molar-refractivity contribution in [3.63, 3.8) is 0 Å². The van der Waals surface area contributed by atoms with Crippen molar-refractivity contribution in [1.29, 1.82) is 0 Å².